The van der Waals surface area contributed by atoms with Gasteiger partial charge >= 0.3 is 0 Å². The number of rotatable bonds is 44. The minimum Gasteiger partial charge on any atom is -0.394 e. The number of hydrogen-bond donors (Lipinski definition) is 5. The molecular weight excluding hydrogens is 671 g/mol. The van der Waals surface area contributed by atoms with Gasteiger partial charge < -0.3 is 25.7 Å². The average molecular weight is 766 g/mol. The van der Waals surface area contributed by atoms with Gasteiger partial charge in [0.05, 0.1) is 18.8 Å². The Kier molecular flexibility index (Phi) is 42.4. The number of aliphatic hydroxyl groups is 4. The van der Waals surface area contributed by atoms with Crippen molar-refractivity contribution in [2.24, 2.45) is 0 Å². The Labute approximate surface area is 336 Å². The van der Waals surface area contributed by atoms with E-state index in [0.717, 1.165) is 38.5 Å². The lowest BCUT2D eigenvalue weighted by atomic mass is 10.00. The summed E-state index contributed by atoms with van der Waals surface area (Å²) in [6.07, 6.45) is 48.5. The van der Waals surface area contributed by atoms with E-state index in [1.165, 1.54) is 193 Å². The maximum atomic E-state index is 12.5. The van der Waals surface area contributed by atoms with Crippen LogP contribution < -0.4 is 5.32 Å². The first-order chi connectivity index (χ1) is 26.5. The summed E-state index contributed by atoms with van der Waals surface area (Å²) in [4.78, 5) is 12.5. The van der Waals surface area contributed by atoms with Gasteiger partial charge in [-0.3, -0.25) is 4.79 Å². The van der Waals surface area contributed by atoms with E-state index in [4.69, 9.17) is 0 Å². The number of nitrogens with one attached hydrogen (secondary N) is 1. The highest BCUT2D eigenvalue weighted by Crippen LogP contribution is 2.17. The van der Waals surface area contributed by atoms with Gasteiger partial charge in [0, 0.05) is 0 Å². The second-order valence-electron chi connectivity index (χ2n) is 16.8. The summed E-state index contributed by atoms with van der Waals surface area (Å²) >= 11 is 0. The molecule has 0 aliphatic carbocycles. The Balaban J connectivity index is 3.63. The number of amides is 1. The number of carbonyl (C=O) groups is 1. The fourth-order valence-electron chi connectivity index (χ4n) is 7.64. The van der Waals surface area contributed by atoms with Crippen LogP contribution in [0.3, 0.4) is 0 Å². The Morgan fingerprint density at radius 3 is 1.11 bits per heavy atom. The van der Waals surface area contributed by atoms with E-state index in [2.05, 4.69) is 31.3 Å². The maximum Gasteiger partial charge on any atom is 0.249 e. The fourth-order valence-corrected chi connectivity index (χ4v) is 7.64. The molecule has 54 heavy (non-hydrogen) atoms. The van der Waals surface area contributed by atoms with Crippen molar-refractivity contribution in [3.8, 4) is 0 Å². The van der Waals surface area contributed by atoms with Gasteiger partial charge in [-0.1, -0.05) is 231 Å². The molecule has 0 aromatic rings. The van der Waals surface area contributed by atoms with Crippen LogP contribution in [0, 0.1) is 0 Å². The van der Waals surface area contributed by atoms with Crippen molar-refractivity contribution in [3.63, 3.8) is 0 Å². The average Bonchev–Trinajstić information content (AvgIpc) is 3.18. The summed E-state index contributed by atoms with van der Waals surface area (Å²) in [5.74, 6) is -0.592. The summed E-state index contributed by atoms with van der Waals surface area (Å²) in [5.41, 5.74) is 0. The molecule has 0 aliphatic rings. The summed E-state index contributed by atoms with van der Waals surface area (Å²) in [6, 6.07) is -0.996. The maximum absolute atomic E-state index is 12.5. The first-order valence-corrected chi connectivity index (χ1v) is 24.1. The Morgan fingerprint density at radius 1 is 0.444 bits per heavy atom. The molecule has 5 N–H and O–H groups in total. The molecule has 0 saturated heterocycles. The van der Waals surface area contributed by atoms with Crippen LogP contribution in [0.1, 0.15) is 258 Å². The highest BCUT2D eigenvalue weighted by molar-refractivity contribution is 5.80. The lowest BCUT2D eigenvalue weighted by Gasteiger charge is -2.27. The molecule has 0 saturated carbocycles. The Hall–Kier alpha value is -0.950. The van der Waals surface area contributed by atoms with Crippen LogP contribution in [-0.2, 0) is 4.79 Å². The normalized spacial score (nSPS) is 14.1. The lowest BCUT2D eigenvalue weighted by Crippen LogP contribution is -2.53. The number of aliphatic hydroxyl groups excluding tert-OH is 4. The molecule has 0 bridgehead atoms. The van der Waals surface area contributed by atoms with Crippen molar-refractivity contribution in [1.29, 1.82) is 0 Å². The minimum absolute atomic E-state index is 0.367. The van der Waals surface area contributed by atoms with Gasteiger partial charge in [-0.15, -0.1) is 0 Å². The Morgan fingerprint density at radius 2 is 0.759 bits per heavy atom. The molecule has 0 radical (unpaired) electrons. The highest BCUT2D eigenvalue weighted by atomic mass is 16.3. The SMILES string of the molecule is CCCCCCCCCCCCCCCCCCCCCCCC/C=C/CCCC(O)C(O)C(CO)NC(=O)C(O)CCCCCCCCCCCCC. The second kappa shape index (κ2) is 43.2. The quantitative estimate of drug-likeness (QED) is 0.0313. The largest absolute Gasteiger partial charge is 0.394 e. The van der Waals surface area contributed by atoms with E-state index in [9.17, 15) is 25.2 Å². The van der Waals surface area contributed by atoms with Gasteiger partial charge in [-0.25, -0.2) is 0 Å². The van der Waals surface area contributed by atoms with Crippen LogP contribution in [0.5, 0.6) is 0 Å². The molecule has 6 nitrogen and oxygen atoms in total. The fraction of sp³-hybridized carbons (Fsp3) is 0.938. The zero-order valence-corrected chi connectivity index (χ0v) is 36.2. The molecule has 4 atom stereocenters. The van der Waals surface area contributed by atoms with Crippen LogP contribution in [0.2, 0.25) is 0 Å². The van der Waals surface area contributed by atoms with Crippen LogP contribution in [0.25, 0.3) is 0 Å². The third-order valence-corrected chi connectivity index (χ3v) is 11.5. The van der Waals surface area contributed by atoms with Gasteiger partial charge in [0.15, 0.2) is 0 Å². The zero-order chi connectivity index (χ0) is 39.6. The number of allylic oxidation sites excluding steroid dienone is 2. The second-order valence-corrected chi connectivity index (χ2v) is 16.8. The predicted octanol–water partition coefficient (Wildman–Crippen LogP) is 13.0. The van der Waals surface area contributed by atoms with Crippen molar-refractivity contribution in [1.82, 2.24) is 5.32 Å². The summed E-state index contributed by atoms with van der Waals surface area (Å²) < 4.78 is 0. The summed E-state index contributed by atoms with van der Waals surface area (Å²) in [7, 11) is 0. The topological polar surface area (TPSA) is 110 Å². The number of carbonyl (C=O) groups excluding carboxylic acids is 1. The molecule has 4 unspecified atom stereocenters. The molecule has 0 spiro atoms. The molecule has 322 valence electrons. The van der Waals surface area contributed by atoms with Gasteiger partial charge in [0.25, 0.3) is 0 Å². The number of hydrogen-bond acceptors (Lipinski definition) is 5. The molecule has 0 heterocycles. The minimum atomic E-state index is -1.28. The summed E-state index contributed by atoms with van der Waals surface area (Å²) in [6.45, 7) is 4.04. The first-order valence-electron chi connectivity index (χ1n) is 24.1. The summed E-state index contributed by atoms with van der Waals surface area (Å²) in [5, 5.41) is 43.6. The van der Waals surface area contributed by atoms with Crippen molar-refractivity contribution in [2.75, 3.05) is 6.61 Å². The highest BCUT2D eigenvalue weighted by Gasteiger charge is 2.28. The number of unbranched alkanes of at least 4 members (excludes halogenated alkanes) is 33. The van der Waals surface area contributed by atoms with Crippen molar-refractivity contribution in [3.05, 3.63) is 12.2 Å². The van der Waals surface area contributed by atoms with E-state index >= 15 is 0 Å². The third-order valence-electron chi connectivity index (χ3n) is 11.5. The van der Waals surface area contributed by atoms with E-state index < -0.39 is 36.9 Å². The van der Waals surface area contributed by atoms with Gasteiger partial charge in [0.2, 0.25) is 5.91 Å². The smallest absolute Gasteiger partial charge is 0.249 e. The van der Waals surface area contributed by atoms with E-state index in [1.54, 1.807) is 0 Å². The molecule has 0 aliphatic heterocycles. The lowest BCUT2D eigenvalue weighted by molar-refractivity contribution is -0.132. The Bertz CT molecular complexity index is 776. The standard InChI is InChI=1S/C48H95NO5/c1-3-5-7-9-11-13-15-16-17-18-19-20-21-22-23-24-25-26-27-28-29-30-32-33-35-37-39-41-45(51)47(53)44(43-50)49-48(54)46(52)42-40-38-36-34-31-14-12-10-8-6-4-2/h33,35,44-47,50-53H,3-32,34,36-43H2,1-2H3,(H,49,54)/b35-33+. The van der Waals surface area contributed by atoms with Gasteiger partial charge in [0.1, 0.15) is 12.2 Å². The first kappa shape index (κ1) is 53.0. The van der Waals surface area contributed by atoms with Crippen molar-refractivity contribution in [2.45, 2.75) is 282 Å². The molecule has 1 amide bonds. The van der Waals surface area contributed by atoms with Crippen molar-refractivity contribution < 1.29 is 25.2 Å². The molecule has 0 aromatic carbocycles. The molecule has 0 rings (SSSR count). The van der Waals surface area contributed by atoms with Crippen LogP contribution in [0.15, 0.2) is 12.2 Å². The molecule has 0 fully saturated rings. The van der Waals surface area contributed by atoms with E-state index in [0.29, 0.717) is 12.8 Å². The van der Waals surface area contributed by atoms with Crippen LogP contribution in [0.4, 0.5) is 0 Å². The molecule has 6 heteroatoms. The molecular formula is C48H95NO5. The van der Waals surface area contributed by atoms with Gasteiger partial charge in [-0.2, -0.15) is 0 Å². The van der Waals surface area contributed by atoms with Crippen molar-refractivity contribution >= 4 is 5.91 Å². The zero-order valence-electron chi connectivity index (χ0n) is 36.2. The molecule has 0 aromatic heterocycles. The van der Waals surface area contributed by atoms with Crippen LogP contribution in [-0.4, -0.2) is 57.3 Å². The monoisotopic (exact) mass is 766 g/mol. The van der Waals surface area contributed by atoms with Gasteiger partial charge in [-0.05, 0) is 38.5 Å². The van der Waals surface area contributed by atoms with E-state index in [1.807, 2.05) is 0 Å². The van der Waals surface area contributed by atoms with E-state index in [-0.39, 0.29) is 0 Å². The third kappa shape index (κ3) is 36.7. The predicted molar refractivity (Wildman–Crippen MR) is 233 cm³/mol. The van der Waals surface area contributed by atoms with Crippen LogP contribution >= 0.6 is 0 Å².